The molecule has 0 radical (unpaired) electrons. The molecule has 1 fully saturated rings. The van der Waals surface area contributed by atoms with Crippen LogP contribution in [0.2, 0.25) is 0 Å². The molecular formula is C16H17NO. The molecule has 1 aliphatic rings. The minimum absolute atomic E-state index is 0.115. The van der Waals surface area contributed by atoms with Gasteiger partial charge in [-0.1, -0.05) is 18.6 Å². The van der Waals surface area contributed by atoms with Gasteiger partial charge in [0.05, 0.1) is 5.52 Å². The van der Waals surface area contributed by atoms with Crippen LogP contribution in [0.15, 0.2) is 30.3 Å². The third kappa shape index (κ3) is 2.03. The van der Waals surface area contributed by atoms with E-state index in [0.717, 1.165) is 41.4 Å². The molecule has 3 rings (SSSR count). The second kappa shape index (κ2) is 4.52. The molecule has 1 saturated carbocycles. The number of pyridine rings is 1. The number of hydrogen-bond donors (Lipinski definition) is 0. The van der Waals surface area contributed by atoms with Crippen molar-refractivity contribution in [1.29, 1.82) is 0 Å². The quantitative estimate of drug-likeness (QED) is 0.758. The number of nitrogens with zero attached hydrogens (tertiary/aromatic N) is 1. The van der Waals surface area contributed by atoms with Crippen molar-refractivity contribution in [3.63, 3.8) is 0 Å². The van der Waals surface area contributed by atoms with Crippen LogP contribution in [0.3, 0.4) is 0 Å². The van der Waals surface area contributed by atoms with E-state index < -0.39 is 0 Å². The van der Waals surface area contributed by atoms with Gasteiger partial charge in [-0.15, -0.1) is 0 Å². The first kappa shape index (κ1) is 11.4. The van der Waals surface area contributed by atoms with Crippen LogP contribution in [-0.2, 0) is 4.79 Å². The summed E-state index contributed by atoms with van der Waals surface area (Å²) in [6.45, 7) is 2.00. The minimum atomic E-state index is 0.115. The summed E-state index contributed by atoms with van der Waals surface area (Å²) >= 11 is 0. The van der Waals surface area contributed by atoms with E-state index in [1.54, 1.807) is 0 Å². The zero-order chi connectivity index (χ0) is 12.5. The van der Waals surface area contributed by atoms with Gasteiger partial charge in [-0.05, 0) is 43.5 Å². The number of carbonyl (C=O) groups is 1. The van der Waals surface area contributed by atoms with Crippen LogP contribution >= 0.6 is 0 Å². The number of aryl methyl sites for hydroxylation is 1. The molecular weight excluding hydrogens is 222 g/mol. The second-order valence-corrected chi connectivity index (χ2v) is 5.17. The number of carbonyl (C=O) groups excluding carboxylic acids is 1. The van der Waals surface area contributed by atoms with Crippen LogP contribution in [0.5, 0.6) is 0 Å². The Morgan fingerprint density at radius 1 is 1.17 bits per heavy atom. The van der Waals surface area contributed by atoms with Gasteiger partial charge in [0.2, 0.25) is 0 Å². The summed E-state index contributed by atoms with van der Waals surface area (Å²) in [4.78, 5) is 16.5. The predicted octanol–water partition coefficient (Wildman–Crippen LogP) is 3.77. The summed E-state index contributed by atoms with van der Waals surface area (Å²) in [5.41, 5.74) is 3.21. The average Bonchev–Trinajstić information content (AvgIpc) is 2.39. The van der Waals surface area contributed by atoms with Crippen LogP contribution in [0.4, 0.5) is 0 Å². The standard InChI is InChI=1S/C16H17NO/c1-11-6-7-13-10-12(8-9-15(13)17-11)14-4-2-3-5-16(14)18/h6-10,14H,2-5H2,1H3. The third-order valence-electron chi connectivity index (χ3n) is 3.81. The maximum absolute atomic E-state index is 12.0. The Kier molecular flexibility index (Phi) is 2.86. The molecule has 1 aromatic carbocycles. The molecule has 2 heteroatoms. The van der Waals surface area contributed by atoms with Crippen molar-refractivity contribution in [3.8, 4) is 0 Å². The molecule has 92 valence electrons. The van der Waals surface area contributed by atoms with Crippen molar-refractivity contribution in [1.82, 2.24) is 4.98 Å². The van der Waals surface area contributed by atoms with Crippen molar-refractivity contribution in [2.75, 3.05) is 0 Å². The summed E-state index contributed by atoms with van der Waals surface area (Å²) in [7, 11) is 0. The van der Waals surface area contributed by atoms with Crippen molar-refractivity contribution in [2.24, 2.45) is 0 Å². The predicted molar refractivity (Wildman–Crippen MR) is 72.7 cm³/mol. The fourth-order valence-electron chi connectivity index (χ4n) is 2.80. The molecule has 1 heterocycles. The Labute approximate surface area is 107 Å². The lowest BCUT2D eigenvalue weighted by atomic mass is 9.82. The summed E-state index contributed by atoms with van der Waals surface area (Å²) in [6.07, 6.45) is 3.97. The molecule has 1 aliphatic carbocycles. The summed E-state index contributed by atoms with van der Waals surface area (Å²) in [6, 6.07) is 10.4. The number of fused-ring (bicyclic) bond motifs is 1. The summed E-state index contributed by atoms with van der Waals surface area (Å²) in [5, 5.41) is 1.14. The largest absolute Gasteiger partial charge is 0.299 e. The van der Waals surface area contributed by atoms with E-state index in [1.807, 2.05) is 19.1 Å². The molecule has 1 aromatic heterocycles. The number of Topliss-reactive ketones (excluding diaryl/α,β-unsaturated/α-hetero) is 1. The molecule has 0 bridgehead atoms. The highest BCUT2D eigenvalue weighted by Crippen LogP contribution is 2.31. The number of rotatable bonds is 1. The van der Waals surface area contributed by atoms with Crippen molar-refractivity contribution in [3.05, 3.63) is 41.6 Å². The first-order valence-electron chi connectivity index (χ1n) is 6.64. The lowest BCUT2D eigenvalue weighted by Gasteiger charge is -2.21. The zero-order valence-corrected chi connectivity index (χ0v) is 10.6. The first-order chi connectivity index (χ1) is 8.74. The van der Waals surface area contributed by atoms with E-state index >= 15 is 0 Å². The maximum atomic E-state index is 12.0. The minimum Gasteiger partial charge on any atom is -0.299 e. The second-order valence-electron chi connectivity index (χ2n) is 5.17. The molecule has 1 atom stereocenters. The Bertz CT molecular complexity index is 603. The van der Waals surface area contributed by atoms with Crippen molar-refractivity contribution in [2.45, 2.75) is 38.5 Å². The smallest absolute Gasteiger partial charge is 0.140 e. The van der Waals surface area contributed by atoms with Gasteiger partial charge in [0.1, 0.15) is 5.78 Å². The van der Waals surface area contributed by atoms with Crippen molar-refractivity contribution >= 4 is 16.7 Å². The molecule has 0 aliphatic heterocycles. The van der Waals surface area contributed by atoms with Gasteiger partial charge in [0.15, 0.2) is 0 Å². The molecule has 18 heavy (non-hydrogen) atoms. The zero-order valence-electron chi connectivity index (χ0n) is 10.6. The Morgan fingerprint density at radius 3 is 2.89 bits per heavy atom. The number of aromatic nitrogens is 1. The average molecular weight is 239 g/mol. The van der Waals surface area contributed by atoms with E-state index in [9.17, 15) is 4.79 Å². The van der Waals surface area contributed by atoms with Crippen LogP contribution in [0.25, 0.3) is 10.9 Å². The van der Waals surface area contributed by atoms with Crippen LogP contribution in [-0.4, -0.2) is 10.8 Å². The molecule has 2 nitrogen and oxygen atoms in total. The molecule has 0 N–H and O–H groups in total. The number of benzene rings is 1. The lowest BCUT2D eigenvalue weighted by molar-refractivity contribution is -0.121. The van der Waals surface area contributed by atoms with Crippen LogP contribution in [0.1, 0.15) is 42.9 Å². The molecule has 0 amide bonds. The molecule has 1 unspecified atom stereocenters. The fraction of sp³-hybridized carbons (Fsp3) is 0.375. The lowest BCUT2D eigenvalue weighted by Crippen LogP contribution is -2.16. The van der Waals surface area contributed by atoms with Gasteiger partial charge < -0.3 is 0 Å². The van der Waals surface area contributed by atoms with E-state index in [0.29, 0.717) is 5.78 Å². The molecule has 2 aromatic rings. The summed E-state index contributed by atoms with van der Waals surface area (Å²) < 4.78 is 0. The third-order valence-corrected chi connectivity index (χ3v) is 3.81. The maximum Gasteiger partial charge on any atom is 0.140 e. The Morgan fingerprint density at radius 2 is 2.06 bits per heavy atom. The van der Waals surface area contributed by atoms with Gasteiger partial charge in [-0.3, -0.25) is 9.78 Å². The summed E-state index contributed by atoms with van der Waals surface area (Å²) in [5.74, 6) is 0.519. The highest BCUT2D eigenvalue weighted by atomic mass is 16.1. The first-order valence-corrected chi connectivity index (χ1v) is 6.64. The fourth-order valence-corrected chi connectivity index (χ4v) is 2.80. The number of ketones is 1. The molecule has 0 saturated heterocycles. The van der Waals surface area contributed by atoms with E-state index in [1.165, 1.54) is 6.42 Å². The normalized spacial score (nSPS) is 20.3. The van der Waals surface area contributed by atoms with Gasteiger partial charge in [0, 0.05) is 23.4 Å². The van der Waals surface area contributed by atoms with E-state index in [4.69, 9.17) is 0 Å². The van der Waals surface area contributed by atoms with E-state index in [-0.39, 0.29) is 5.92 Å². The highest BCUT2D eigenvalue weighted by molar-refractivity contribution is 5.88. The van der Waals surface area contributed by atoms with Gasteiger partial charge in [-0.2, -0.15) is 0 Å². The topological polar surface area (TPSA) is 30.0 Å². The van der Waals surface area contributed by atoms with Gasteiger partial charge >= 0.3 is 0 Å². The van der Waals surface area contributed by atoms with Crippen molar-refractivity contribution < 1.29 is 4.79 Å². The number of hydrogen-bond acceptors (Lipinski definition) is 2. The Balaban J connectivity index is 2.02. The monoisotopic (exact) mass is 239 g/mol. The SMILES string of the molecule is Cc1ccc2cc(C3CCCCC3=O)ccc2n1. The van der Waals surface area contributed by atoms with Crippen LogP contribution < -0.4 is 0 Å². The molecule has 0 spiro atoms. The van der Waals surface area contributed by atoms with Crippen LogP contribution in [0, 0.1) is 6.92 Å². The van der Waals surface area contributed by atoms with Gasteiger partial charge in [-0.25, -0.2) is 0 Å². The Hall–Kier alpha value is -1.70. The highest BCUT2D eigenvalue weighted by Gasteiger charge is 2.23. The van der Waals surface area contributed by atoms with Gasteiger partial charge in [0.25, 0.3) is 0 Å². The van der Waals surface area contributed by atoms with E-state index in [2.05, 4.69) is 23.2 Å².